The van der Waals surface area contributed by atoms with Crippen LogP contribution in [0.3, 0.4) is 0 Å². The lowest BCUT2D eigenvalue weighted by atomic mass is 10.1. The number of anilines is 1. The maximum atomic E-state index is 10.9. The molecule has 1 aromatic carbocycles. The number of hydrogen-bond acceptors (Lipinski definition) is 3. The number of hydrogen-bond donors (Lipinski definition) is 1. The molecule has 0 aromatic heterocycles. The minimum Gasteiger partial charge on any atom is -0.393 e. The summed E-state index contributed by atoms with van der Waals surface area (Å²) in [5.41, 5.74) is 1.73. The highest BCUT2D eigenvalue weighted by Crippen LogP contribution is 2.22. The van der Waals surface area contributed by atoms with Crippen molar-refractivity contribution in [3.63, 3.8) is 0 Å². The van der Waals surface area contributed by atoms with Crippen molar-refractivity contribution < 1.29 is 9.90 Å². The van der Waals surface area contributed by atoms with E-state index >= 15 is 0 Å². The zero-order valence-electron chi connectivity index (χ0n) is 9.30. The van der Waals surface area contributed by atoms with Crippen molar-refractivity contribution in [2.45, 2.75) is 25.4 Å². The normalized spacial score (nSPS) is 21.6. The van der Waals surface area contributed by atoms with Gasteiger partial charge in [0.2, 0.25) is 0 Å². The Balaban J connectivity index is 2.19. The van der Waals surface area contributed by atoms with Crippen LogP contribution < -0.4 is 4.90 Å². The second-order valence-corrected chi connectivity index (χ2v) is 4.25. The van der Waals surface area contributed by atoms with Crippen LogP contribution in [0.4, 0.5) is 5.69 Å². The number of aliphatic hydroxyl groups excluding tert-OH is 1. The molecule has 0 amide bonds. The summed E-state index contributed by atoms with van der Waals surface area (Å²) >= 11 is 0. The predicted molar refractivity (Wildman–Crippen MR) is 63.9 cm³/mol. The highest BCUT2D eigenvalue weighted by Gasteiger charge is 2.16. The van der Waals surface area contributed by atoms with E-state index < -0.39 is 0 Å². The van der Waals surface area contributed by atoms with E-state index in [0.717, 1.165) is 49.9 Å². The van der Waals surface area contributed by atoms with E-state index in [9.17, 15) is 9.90 Å². The first-order valence-electron chi connectivity index (χ1n) is 5.78. The summed E-state index contributed by atoms with van der Waals surface area (Å²) in [5, 5.41) is 9.58. The molecule has 1 heterocycles. The molecule has 0 spiro atoms. The first-order valence-corrected chi connectivity index (χ1v) is 5.78. The number of benzene rings is 1. The van der Waals surface area contributed by atoms with Crippen molar-refractivity contribution in [2.24, 2.45) is 0 Å². The van der Waals surface area contributed by atoms with Gasteiger partial charge in [-0.3, -0.25) is 4.79 Å². The number of carbonyl (C=O) groups excluding carboxylic acids is 1. The van der Waals surface area contributed by atoms with Gasteiger partial charge in [0.1, 0.15) is 0 Å². The molecule has 0 bridgehead atoms. The zero-order chi connectivity index (χ0) is 11.4. The van der Waals surface area contributed by atoms with E-state index in [2.05, 4.69) is 4.90 Å². The summed E-state index contributed by atoms with van der Waals surface area (Å²) in [7, 11) is 0. The maximum absolute atomic E-state index is 10.9. The molecule has 86 valence electrons. The maximum Gasteiger partial charge on any atom is 0.152 e. The Morgan fingerprint density at radius 3 is 2.88 bits per heavy atom. The predicted octanol–water partition coefficient (Wildman–Crippen LogP) is 1.85. The standard InChI is InChI=1S/C13H17NO2/c15-10-11-4-1-2-6-13(11)14-8-3-5-12(16)7-9-14/h1-2,4,6,10,12,16H,3,5,7-9H2. The minimum atomic E-state index is -0.187. The Hall–Kier alpha value is -1.35. The van der Waals surface area contributed by atoms with Crippen molar-refractivity contribution >= 4 is 12.0 Å². The van der Waals surface area contributed by atoms with Gasteiger partial charge in [-0.05, 0) is 31.4 Å². The van der Waals surface area contributed by atoms with Gasteiger partial charge in [-0.1, -0.05) is 12.1 Å². The van der Waals surface area contributed by atoms with Crippen molar-refractivity contribution in [1.82, 2.24) is 0 Å². The van der Waals surface area contributed by atoms with Gasteiger partial charge in [0, 0.05) is 24.3 Å². The lowest BCUT2D eigenvalue weighted by molar-refractivity contribution is 0.112. The summed E-state index contributed by atoms with van der Waals surface area (Å²) in [6.45, 7) is 1.74. The molecular formula is C13H17NO2. The summed E-state index contributed by atoms with van der Waals surface area (Å²) < 4.78 is 0. The van der Waals surface area contributed by atoms with Crippen LogP contribution in [0.5, 0.6) is 0 Å². The van der Waals surface area contributed by atoms with E-state index in [1.54, 1.807) is 0 Å². The van der Waals surface area contributed by atoms with Crippen LogP contribution in [-0.2, 0) is 0 Å². The van der Waals surface area contributed by atoms with E-state index in [-0.39, 0.29) is 6.10 Å². The Labute approximate surface area is 95.7 Å². The van der Waals surface area contributed by atoms with Crippen LogP contribution in [0.15, 0.2) is 24.3 Å². The molecule has 0 saturated carbocycles. The zero-order valence-corrected chi connectivity index (χ0v) is 9.30. The van der Waals surface area contributed by atoms with Gasteiger partial charge in [-0.25, -0.2) is 0 Å². The van der Waals surface area contributed by atoms with Gasteiger partial charge in [-0.2, -0.15) is 0 Å². The fraction of sp³-hybridized carbons (Fsp3) is 0.462. The second-order valence-electron chi connectivity index (χ2n) is 4.25. The van der Waals surface area contributed by atoms with E-state index in [4.69, 9.17) is 0 Å². The summed E-state index contributed by atoms with van der Waals surface area (Å²) in [6, 6.07) is 7.63. The number of aldehydes is 1. The number of aliphatic hydroxyl groups is 1. The van der Waals surface area contributed by atoms with Crippen molar-refractivity contribution in [3.8, 4) is 0 Å². The lowest BCUT2D eigenvalue weighted by Gasteiger charge is -2.23. The molecule has 1 unspecified atom stereocenters. The van der Waals surface area contributed by atoms with Crippen LogP contribution in [-0.4, -0.2) is 30.6 Å². The fourth-order valence-corrected chi connectivity index (χ4v) is 2.19. The smallest absolute Gasteiger partial charge is 0.152 e. The van der Waals surface area contributed by atoms with Gasteiger partial charge < -0.3 is 10.0 Å². The van der Waals surface area contributed by atoms with Gasteiger partial charge in [0.05, 0.1) is 6.10 Å². The lowest BCUT2D eigenvalue weighted by Crippen LogP contribution is -2.25. The first-order chi connectivity index (χ1) is 7.81. The number of nitrogens with zero attached hydrogens (tertiary/aromatic N) is 1. The van der Waals surface area contributed by atoms with Crippen LogP contribution >= 0.6 is 0 Å². The molecule has 0 radical (unpaired) electrons. The van der Waals surface area contributed by atoms with Crippen LogP contribution in [0.25, 0.3) is 0 Å². The quantitative estimate of drug-likeness (QED) is 0.772. The van der Waals surface area contributed by atoms with Crippen LogP contribution in [0.1, 0.15) is 29.6 Å². The third-order valence-electron chi connectivity index (χ3n) is 3.10. The fourth-order valence-electron chi connectivity index (χ4n) is 2.19. The van der Waals surface area contributed by atoms with Crippen molar-refractivity contribution in [2.75, 3.05) is 18.0 Å². The molecule has 2 rings (SSSR count). The average molecular weight is 219 g/mol. The second kappa shape index (κ2) is 5.12. The highest BCUT2D eigenvalue weighted by molar-refractivity contribution is 5.84. The minimum absolute atomic E-state index is 0.187. The topological polar surface area (TPSA) is 40.5 Å². The molecule has 1 aromatic rings. The largest absolute Gasteiger partial charge is 0.393 e. The molecular weight excluding hydrogens is 202 g/mol. The summed E-state index contributed by atoms with van der Waals surface area (Å²) in [4.78, 5) is 13.1. The third kappa shape index (κ3) is 2.42. The molecule has 1 aliphatic rings. The van der Waals surface area contributed by atoms with Crippen molar-refractivity contribution in [1.29, 1.82) is 0 Å². The summed E-state index contributed by atoms with van der Waals surface area (Å²) in [5.74, 6) is 0. The van der Waals surface area contributed by atoms with E-state index in [1.807, 2.05) is 24.3 Å². The van der Waals surface area contributed by atoms with Gasteiger partial charge >= 0.3 is 0 Å². The Morgan fingerprint density at radius 2 is 2.06 bits per heavy atom. The molecule has 3 nitrogen and oxygen atoms in total. The molecule has 16 heavy (non-hydrogen) atoms. The molecule has 1 atom stereocenters. The number of para-hydroxylation sites is 1. The van der Waals surface area contributed by atoms with Crippen LogP contribution in [0, 0.1) is 0 Å². The third-order valence-corrected chi connectivity index (χ3v) is 3.10. The molecule has 1 fully saturated rings. The molecule has 1 N–H and O–H groups in total. The van der Waals surface area contributed by atoms with Gasteiger partial charge in [0.25, 0.3) is 0 Å². The Bertz CT molecular complexity index is 365. The number of carbonyl (C=O) groups is 1. The van der Waals surface area contributed by atoms with Gasteiger partial charge in [-0.15, -0.1) is 0 Å². The molecule has 3 heteroatoms. The SMILES string of the molecule is O=Cc1ccccc1N1CCCC(O)CC1. The monoisotopic (exact) mass is 219 g/mol. The van der Waals surface area contributed by atoms with Crippen LogP contribution in [0.2, 0.25) is 0 Å². The van der Waals surface area contributed by atoms with Crippen molar-refractivity contribution in [3.05, 3.63) is 29.8 Å². The summed E-state index contributed by atoms with van der Waals surface area (Å²) in [6.07, 6.45) is 3.34. The first kappa shape index (κ1) is 11.1. The average Bonchev–Trinajstić information content (AvgIpc) is 2.54. The number of rotatable bonds is 2. The Kier molecular flexibility index (Phi) is 3.57. The van der Waals surface area contributed by atoms with E-state index in [0.29, 0.717) is 0 Å². The highest BCUT2D eigenvalue weighted by atomic mass is 16.3. The molecule has 0 aliphatic carbocycles. The molecule has 1 aliphatic heterocycles. The van der Waals surface area contributed by atoms with Gasteiger partial charge in [0.15, 0.2) is 6.29 Å². The Morgan fingerprint density at radius 1 is 1.25 bits per heavy atom. The molecule has 1 saturated heterocycles. The van der Waals surface area contributed by atoms with E-state index in [1.165, 1.54) is 0 Å².